The molecule has 0 aliphatic carbocycles. The van der Waals surface area contributed by atoms with Crippen LogP contribution >= 0.6 is 0 Å². The number of aromatic nitrogens is 2. The van der Waals surface area contributed by atoms with Crippen LogP contribution in [0.15, 0.2) is 42.7 Å². The highest BCUT2D eigenvalue weighted by Gasteiger charge is 1.99. The van der Waals surface area contributed by atoms with Gasteiger partial charge in [-0.15, -0.1) is 0 Å². The fourth-order valence-electron chi connectivity index (χ4n) is 1.69. The van der Waals surface area contributed by atoms with Crippen molar-refractivity contribution in [2.45, 2.75) is 26.5 Å². The standard InChI is InChI=1S/C15H19N3O/c1-2-8-16-10-13-5-3-6-14(18-13)12-19-15-7-4-9-17-11-15/h3-7,9,11,16H,2,8,10,12H2,1H3. The molecule has 4 heteroatoms. The summed E-state index contributed by atoms with van der Waals surface area (Å²) >= 11 is 0. The first kappa shape index (κ1) is 13.5. The summed E-state index contributed by atoms with van der Waals surface area (Å²) in [6, 6.07) is 9.75. The Bertz CT molecular complexity index is 488. The number of nitrogens with zero attached hydrogens (tertiary/aromatic N) is 2. The quantitative estimate of drug-likeness (QED) is 0.774. The highest BCUT2D eigenvalue weighted by molar-refractivity contribution is 5.17. The largest absolute Gasteiger partial charge is 0.486 e. The number of ether oxygens (including phenoxy) is 1. The van der Waals surface area contributed by atoms with Crippen LogP contribution in [0.3, 0.4) is 0 Å². The van der Waals surface area contributed by atoms with Crippen LogP contribution in [0.5, 0.6) is 5.75 Å². The van der Waals surface area contributed by atoms with Gasteiger partial charge in [-0.1, -0.05) is 13.0 Å². The highest BCUT2D eigenvalue weighted by Crippen LogP contribution is 2.09. The molecule has 0 saturated carbocycles. The molecule has 0 fully saturated rings. The molecule has 0 unspecified atom stereocenters. The van der Waals surface area contributed by atoms with Crippen LogP contribution in [0.2, 0.25) is 0 Å². The molecule has 2 aromatic rings. The maximum absolute atomic E-state index is 5.63. The Kier molecular flexibility index (Phi) is 5.31. The average Bonchev–Trinajstić information content (AvgIpc) is 2.47. The van der Waals surface area contributed by atoms with Crippen LogP contribution < -0.4 is 10.1 Å². The number of rotatable bonds is 7. The van der Waals surface area contributed by atoms with Crippen molar-refractivity contribution >= 4 is 0 Å². The van der Waals surface area contributed by atoms with Crippen LogP contribution in [-0.4, -0.2) is 16.5 Å². The first-order valence-corrected chi connectivity index (χ1v) is 6.57. The zero-order chi connectivity index (χ0) is 13.3. The Hall–Kier alpha value is -1.94. The van der Waals surface area contributed by atoms with Crippen LogP contribution in [0, 0.1) is 0 Å². The van der Waals surface area contributed by atoms with Crippen molar-refractivity contribution in [1.29, 1.82) is 0 Å². The lowest BCUT2D eigenvalue weighted by atomic mass is 10.3. The fourth-order valence-corrected chi connectivity index (χ4v) is 1.69. The van der Waals surface area contributed by atoms with Crippen LogP contribution in [0.1, 0.15) is 24.7 Å². The van der Waals surface area contributed by atoms with Crippen molar-refractivity contribution in [2.75, 3.05) is 6.54 Å². The Labute approximate surface area is 113 Å². The topological polar surface area (TPSA) is 47.0 Å². The second-order valence-electron chi connectivity index (χ2n) is 4.27. The maximum atomic E-state index is 5.63. The van der Waals surface area contributed by atoms with Crippen LogP contribution in [-0.2, 0) is 13.2 Å². The van der Waals surface area contributed by atoms with Gasteiger partial charge in [0.25, 0.3) is 0 Å². The molecule has 100 valence electrons. The summed E-state index contributed by atoms with van der Waals surface area (Å²) < 4.78 is 5.63. The minimum absolute atomic E-state index is 0.466. The maximum Gasteiger partial charge on any atom is 0.138 e. The van der Waals surface area contributed by atoms with Gasteiger partial charge in [0.05, 0.1) is 17.6 Å². The summed E-state index contributed by atoms with van der Waals surface area (Å²) in [6.45, 7) is 4.43. The zero-order valence-electron chi connectivity index (χ0n) is 11.2. The Morgan fingerprint density at radius 1 is 1.16 bits per heavy atom. The lowest BCUT2D eigenvalue weighted by Crippen LogP contribution is -2.15. The molecular formula is C15H19N3O. The molecule has 0 spiro atoms. The van der Waals surface area contributed by atoms with E-state index in [4.69, 9.17) is 4.74 Å². The molecule has 19 heavy (non-hydrogen) atoms. The predicted molar refractivity (Wildman–Crippen MR) is 74.8 cm³/mol. The normalized spacial score (nSPS) is 10.4. The van der Waals surface area contributed by atoms with E-state index in [9.17, 15) is 0 Å². The molecular weight excluding hydrogens is 238 g/mol. The van der Waals surface area contributed by atoms with E-state index in [1.165, 1.54) is 0 Å². The van der Waals surface area contributed by atoms with E-state index >= 15 is 0 Å². The van der Waals surface area contributed by atoms with E-state index in [1.54, 1.807) is 12.4 Å². The summed E-state index contributed by atoms with van der Waals surface area (Å²) in [4.78, 5) is 8.56. The lowest BCUT2D eigenvalue weighted by molar-refractivity contribution is 0.299. The van der Waals surface area contributed by atoms with Crippen molar-refractivity contribution in [3.63, 3.8) is 0 Å². The van der Waals surface area contributed by atoms with E-state index in [0.29, 0.717) is 6.61 Å². The lowest BCUT2D eigenvalue weighted by Gasteiger charge is -2.07. The number of pyridine rings is 2. The zero-order valence-corrected chi connectivity index (χ0v) is 11.2. The van der Waals surface area contributed by atoms with Crippen molar-refractivity contribution in [3.8, 4) is 5.75 Å². The minimum atomic E-state index is 0.466. The molecule has 0 aromatic carbocycles. The highest BCUT2D eigenvalue weighted by atomic mass is 16.5. The van der Waals surface area contributed by atoms with Crippen molar-refractivity contribution in [2.24, 2.45) is 0 Å². The van der Waals surface area contributed by atoms with Crippen LogP contribution in [0.25, 0.3) is 0 Å². The molecule has 0 aliphatic heterocycles. The molecule has 0 amide bonds. The van der Waals surface area contributed by atoms with Gasteiger partial charge in [-0.2, -0.15) is 0 Å². The van der Waals surface area contributed by atoms with Gasteiger partial charge in [-0.25, -0.2) is 0 Å². The van der Waals surface area contributed by atoms with E-state index in [0.717, 1.165) is 36.6 Å². The van der Waals surface area contributed by atoms with Crippen molar-refractivity contribution in [3.05, 3.63) is 54.1 Å². The van der Waals surface area contributed by atoms with E-state index < -0.39 is 0 Å². The number of nitrogens with one attached hydrogen (secondary N) is 1. The molecule has 2 heterocycles. The first-order valence-electron chi connectivity index (χ1n) is 6.57. The summed E-state index contributed by atoms with van der Waals surface area (Å²) in [5.41, 5.74) is 1.97. The molecule has 2 rings (SSSR count). The molecule has 2 aromatic heterocycles. The average molecular weight is 257 g/mol. The van der Waals surface area contributed by atoms with Gasteiger partial charge < -0.3 is 10.1 Å². The van der Waals surface area contributed by atoms with Crippen molar-refractivity contribution < 1.29 is 4.74 Å². The van der Waals surface area contributed by atoms with E-state index in [1.807, 2.05) is 30.3 Å². The van der Waals surface area contributed by atoms with E-state index in [-0.39, 0.29) is 0 Å². The second-order valence-corrected chi connectivity index (χ2v) is 4.27. The molecule has 1 N–H and O–H groups in total. The van der Waals surface area contributed by atoms with Crippen LogP contribution in [0.4, 0.5) is 0 Å². The molecule has 4 nitrogen and oxygen atoms in total. The van der Waals surface area contributed by atoms with Gasteiger partial charge >= 0.3 is 0 Å². The second kappa shape index (κ2) is 7.48. The van der Waals surface area contributed by atoms with Gasteiger partial charge in [0.2, 0.25) is 0 Å². The predicted octanol–water partition coefficient (Wildman–Crippen LogP) is 2.56. The SMILES string of the molecule is CCCNCc1cccc(COc2cccnc2)n1. The smallest absolute Gasteiger partial charge is 0.138 e. The molecule has 0 radical (unpaired) electrons. The Morgan fingerprint density at radius 3 is 2.84 bits per heavy atom. The van der Waals surface area contributed by atoms with Gasteiger partial charge in [-0.05, 0) is 37.2 Å². The van der Waals surface area contributed by atoms with Gasteiger partial charge in [0, 0.05) is 12.7 Å². The Balaban J connectivity index is 1.88. The third kappa shape index (κ3) is 4.67. The van der Waals surface area contributed by atoms with Crippen molar-refractivity contribution in [1.82, 2.24) is 15.3 Å². The molecule has 0 aliphatic rings. The summed E-state index contributed by atoms with van der Waals surface area (Å²) in [5.74, 6) is 0.763. The third-order valence-corrected chi connectivity index (χ3v) is 2.62. The monoisotopic (exact) mass is 257 g/mol. The summed E-state index contributed by atoms with van der Waals surface area (Å²) in [7, 11) is 0. The van der Waals surface area contributed by atoms with Gasteiger partial charge in [0.15, 0.2) is 0 Å². The Morgan fingerprint density at radius 2 is 2.05 bits per heavy atom. The molecule has 0 saturated heterocycles. The molecule has 0 atom stereocenters. The van der Waals surface area contributed by atoms with Gasteiger partial charge in [0.1, 0.15) is 12.4 Å². The molecule has 0 bridgehead atoms. The van der Waals surface area contributed by atoms with E-state index in [2.05, 4.69) is 22.2 Å². The van der Waals surface area contributed by atoms with Gasteiger partial charge in [-0.3, -0.25) is 9.97 Å². The number of hydrogen-bond acceptors (Lipinski definition) is 4. The third-order valence-electron chi connectivity index (χ3n) is 2.62. The first-order chi connectivity index (χ1) is 9.38. The number of hydrogen-bond donors (Lipinski definition) is 1. The minimum Gasteiger partial charge on any atom is -0.486 e. The summed E-state index contributed by atoms with van der Waals surface area (Å²) in [5, 5.41) is 3.34. The summed E-state index contributed by atoms with van der Waals surface area (Å²) in [6.07, 6.45) is 4.56. The fraction of sp³-hybridized carbons (Fsp3) is 0.333.